The summed E-state index contributed by atoms with van der Waals surface area (Å²) in [6.07, 6.45) is 4.16. The molecule has 0 unspecified atom stereocenters. The molecule has 4 nitrogen and oxygen atoms in total. The van der Waals surface area contributed by atoms with Crippen LogP contribution in [0.15, 0.2) is 24.5 Å². The van der Waals surface area contributed by atoms with Crippen molar-refractivity contribution in [3.63, 3.8) is 0 Å². The number of hydrogen-bond acceptors (Lipinski definition) is 3. The van der Waals surface area contributed by atoms with Crippen molar-refractivity contribution in [3.05, 3.63) is 51.7 Å². The van der Waals surface area contributed by atoms with E-state index in [1.54, 1.807) is 6.33 Å². The van der Waals surface area contributed by atoms with Gasteiger partial charge in [0.25, 0.3) is 0 Å². The van der Waals surface area contributed by atoms with Gasteiger partial charge in [-0.05, 0) is 52.0 Å². The third kappa shape index (κ3) is 2.89. The number of benzene rings is 1. The van der Waals surface area contributed by atoms with Gasteiger partial charge in [-0.1, -0.05) is 57.5 Å². The summed E-state index contributed by atoms with van der Waals surface area (Å²) in [6, 6.07) is 6.84. The number of imidazole rings is 1. The summed E-state index contributed by atoms with van der Waals surface area (Å²) in [7, 11) is 0. The van der Waals surface area contributed by atoms with E-state index in [0.29, 0.717) is 17.7 Å². The highest BCUT2D eigenvalue weighted by Gasteiger charge is 2.36. The molecular weight excluding hydrogens is 367 g/mol. The number of nitrogens with zero attached hydrogens (tertiary/aromatic N) is 4. The van der Waals surface area contributed by atoms with Gasteiger partial charge < -0.3 is 4.57 Å². The number of hydrogen-bond donors (Lipinski definition) is 0. The van der Waals surface area contributed by atoms with Crippen molar-refractivity contribution < 1.29 is 0 Å². The number of fused-ring (bicyclic) bond motifs is 2. The molecule has 2 aromatic heterocycles. The number of aromatic nitrogens is 4. The van der Waals surface area contributed by atoms with Crippen LogP contribution in [0.1, 0.15) is 57.2 Å². The maximum absolute atomic E-state index is 6.13. The van der Waals surface area contributed by atoms with E-state index in [1.807, 2.05) is 4.57 Å². The van der Waals surface area contributed by atoms with E-state index in [2.05, 4.69) is 60.8 Å². The summed E-state index contributed by atoms with van der Waals surface area (Å²) >= 11 is 12.1. The lowest BCUT2D eigenvalue weighted by molar-refractivity contribution is 0.331. The standard InChI is InChI=1S/C20H22Cl2N4/c1-19(2)7-8-20(3,4)14-9-12(5-6-13(14)19)10-26-11-23-15-16(21)24-18(22)25-17(15)26/h5-6,9,11H,7-8,10H2,1-4H3. The van der Waals surface area contributed by atoms with E-state index in [4.69, 9.17) is 23.2 Å². The van der Waals surface area contributed by atoms with E-state index >= 15 is 0 Å². The average Bonchev–Trinajstić information content (AvgIpc) is 2.95. The smallest absolute Gasteiger partial charge is 0.225 e. The summed E-state index contributed by atoms with van der Waals surface area (Å²) < 4.78 is 1.97. The fourth-order valence-corrected chi connectivity index (χ4v) is 4.35. The topological polar surface area (TPSA) is 43.6 Å². The Hall–Kier alpha value is -1.65. The highest BCUT2D eigenvalue weighted by molar-refractivity contribution is 6.35. The molecule has 0 amide bonds. The molecule has 2 heterocycles. The van der Waals surface area contributed by atoms with Crippen LogP contribution in [-0.4, -0.2) is 19.5 Å². The molecule has 3 aromatic rings. The summed E-state index contributed by atoms with van der Waals surface area (Å²) in [6.45, 7) is 10.0. The lowest BCUT2D eigenvalue weighted by Crippen LogP contribution is -2.33. The van der Waals surface area contributed by atoms with Crippen LogP contribution < -0.4 is 0 Å². The average molecular weight is 389 g/mol. The molecule has 0 fully saturated rings. The third-order valence-corrected chi connectivity index (χ3v) is 6.10. The van der Waals surface area contributed by atoms with E-state index in [1.165, 1.54) is 29.5 Å². The highest BCUT2D eigenvalue weighted by atomic mass is 35.5. The first-order valence-corrected chi connectivity index (χ1v) is 9.61. The zero-order valence-corrected chi connectivity index (χ0v) is 17.0. The minimum atomic E-state index is 0.137. The zero-order valence-electron chi connectivity index (χ0n) is 15.5. The normalized spacial score (nSPS) is 18.1. The molecule has 0 spiro atoms. The SMILES string of the molecule is CC1(C)CCC(C)(C)c2cc(Cn3cnc4c(Cl)nc(Cl)nc43)ccc21. The van der Waals surface area contributed by atoms with Crippen molar-refractivity contribution in [2.24, 2.45) is 0 Å². The van der Waals surface area contributed by atoms with E-state index < -0.39 is 0 Å². The Balaban J connectivity index is 1.77. The van der Waals surface area contributed by atoms with Crippen molar-refractivity contribution >= 4 is 34.4 Å². The molecule has 0 N–H and O–H groups in total. The second-order valence-corrected chi connectivity index (χ2v) is 9.17. The van der Waals surface area contributed by atoms with Crippen LogP contribution in [0.25, 0.3) is 11.2 Å². The van der Waals surface area contributed by atoms with E-state index in [0.717, 1.165) is 0 Å². The highest BCUT2D eigenvalue weighted by Crippen LogP contribution is 2.45. The molecule has 6 heteroatoms. The first kappa shape index (κ1) is 17.7. The molecule has 0 saturated carbocycles. The van der Waals surface area contributed by atoms with Crippen molar-refractivity contribution in [3.8, 4) is 0 Å². The minimum Gasteiger partial charge on any atom is -0.311 e. The van der Waals surface area contributed by atoms with Gasteiger partial charge in [0.1, 0.15) is 5.52 Å². The van der Waals surface area contributed by atoms with Gasteiger partial charge in [0, 0.05) is 0 Å². The van der Waals surface area contributed by atoms with Gasteiger partial charge in [0.15, 0.2) is 10.8 Å². The van der Waals surface area contributed by atoms with Gasteiger partial charge in [-0.2, -0.15) is 4.98 Å². The molecule has 136 valence electrons. The number of halogens is 2. The number of rotatable bonds is 2. The van der Waals surface area contributed by atoms with Gasteiger partial charge in [0.05, 0.1) is 12.9 Å². The fraction of sp³-hybridized carbons (Fsp3) is 0.450. The van der Waals surface area contributed by atoms with Gasteiger partial charge in [-0.15, -0.1) is 0 Å². The molecule has 0 saturated heterocycles. The Labute approximate surface area is 163 Å². The molecule has 26 heavy (non-hydrogen) atoms. The molecule has 4 rings (SSSR count). The first-order chi connectivity index (χ1) is 12.2. The summed E-state index contributed by atoms with van der Waals surface area (Å²) in [4.78, 5) is 12.6. The Morgan fingerprint density at radius 3 is 2.42 bits per heavy atom. The molecule has 0 aliphatic heterocycles. The van der Waals surface area contributed by atoms with Gasteiger partial charge in [-0.3, -0.25) is 0 Å². The molecule has 0 radical (unpaired) electrons. The van der Waals surface area contributed by atoms with Crippen LogP contribution in [-0.2, 0) is 17.4 Å². The van der Waals surface area contributed by atoms with Crippen molar-refractivity contribution in [2.45, 2.75) is 57.9 Å². The largest absolute Gasteiger partial charge is 0.311 e. The predicted octanol–water partition coefficient (Wildman–Crippen LogP) is 5.53. The molecule has 0 bridgehead atoms. The second-order valence-electron chi connectivity index (χ2n) is 8.48. The Morgan fingerprint density at radius 1 is 1.00 bits per heavy atom. The Bertz CT molecular complexity index is 1000. The quantitative estimate of drug-likeness (QED) is 0.428. The summed E-state index contributed by atoms with van der Waals surface area (Å²) in [5.41, 5.74) is 5.77. The monoisotopic (exact) mass is 388 g/mol. The van der Waals surface area contributed by atoms with Crippen LogP contribution in [0.5, 0.6) is 0 Å². The maximum Gasteiger partial charge on any atom is 0.225 e. The Kier molecular flexibility index (Phi) is 4.05. The van der Waals surface area contributed by atoms with E-state index in [9.17, 15) is 0 Å². The first-order valence-electron chi connectivity index (χ1n) is 8.85. The zero-order chi connectivity index (χ0) is 18.7. The van der Waals surface area contributed by atoms with E-state index in [-0.39, 0.29) is 21.3 Å². The van der Waals surface area contributed by atoms with Crippen LogP contribution in [0.4, 0.5) is 0 Å². The van der Waals surface area contributed by atoms with Gasteiger partial charge >= 0.3 is 0 Å². The van der Waals surface area contributed by atoms with Crippen LogP contribution in [0.2, 0.25) is 10.4 Å². The minimum absolute atomic E-state index is 0.137. The lowest BCUT2D eigenvalue weighted by Gasteiger charge is -2.42. The van der Waals surface area contributed by atoms with Gasteiger partial charge in [-0.25, -0.2) is 9.97 Å². The lowest BCUT2D eigenvalue weighted by atomic mass is 9.63. The van der Waals surface area contributed by atoms with Crippen LogP contribution in [0, 0.1) is 0 Å². The molecular formula is C20H22Cl2N4. The molecule has 1 aromatic carbocycles. The Morgan fingerprint density at radius 2 is 1.69 bits per heavy atom. The second kappa shape index (κ2) is 5.93. The maximum atomic E-state index is 6.13. The third-order valence-electron chi connectivity index (χ3n) is 5.66. The van der Waals surface area contributed by atoms with Crippen LogP contribution in [0.3, 0.4) is 0 Å². The molecule has 1 aliphatic carbocycles. The molecule has 0 atom stereocenters. The van der Waals surface area contributed by atoms with Gasteiger partial charge in [0.2, 0.25) is 5.28 Å². The molecule has 1 aliphatic rings. The summed E-state index contributed by atoms with van der Waals surface area (Å²) in [5, 5.41) is 0.421. The van der Waals surface area contributed by atoms with Crippen molar-refractivity contribution in [1.82, 2.24) is 19.5 Å². The predicted molar refractivity (Wildman–Crippen MR) is 106 cm³/mol. The van der Waals surface area contributed by atoms with Crippen LogP contribution >= 0.6 is 23.2 Å². The van der Waals surface area contributed by atoms with Crippen molar-refractivity contribution in [1.29, 1.82) is 0 Å². The fourth-order valence-electron chi connectivity index (χ4n) is 3.93. The summed E-state index contributed by atoms with van der Waals surface area (Å²) in [5.74, 6) is 0. The van der Waals surface area contributed by atoms with Crippen molar-refractivity contribution in [2.75, 3.05) is 0 Å².